The summed E-state index contributed by atoms with van der Waals surface area (Å²) >= 11 is 0. The number of nitrogens with two attached hydrogens (primary N) is 1. The number of carbonyl (C=O) groups excluding carboxylic acids is 1. The molecule has 0 saturated carbocycles. The maximum atomic E-state index is 11.6. The number of aryl methyl sites for hydroxylation is 2. The summed E-state index contributed by atoms with van der Waals surface area (Å²) in [5.74, 6) is -0.177. The first-order valence-electron chi connectivity index (χ1n) is 6.62. The number of rotatable bonds is 6. The van der Waals surface area contributed by atoms with E-state index in [2.05, 4.69) is 5.10 Å². The number of nitrogen functional groups attached to an aromatic ring is 1. The van der Waals surface area contributed by atoms with Crippen molar-refractivity contribution in [3.8, 4) is 0 Å². The van der Waals surface area contributed by atoms with Crippen LogP contribution in [-0.4, -0.2) is 22.4 Å². The van der Waals surface area contributed by atoms with E-state index >= 15 is 0 Å². The molecule has 0 aliphatic carbocycles. The van der Waals surface area contributed by atoms with Gasteiger partial charge >= 0.3 is 5.97 Å². The molecule has 1 aromatic heterocycles. The highest BCUT2D eigenvalue weighted by Crippen LogP contribution is 2.08. The number of esters is 1. The molecule has 20 heavy (non-hydrogen) atoms. The Kier molecular flexibility index (Phi) is 4.76. The first kappa shape index (κ1) is 14.1. The standard InChI is InChI=1S/C15H19N3O2/c1-18-14(8-10-17-18)9-11-20-15(19)7-4-12-2-5-13(16)6-3-12/h2-3,5-6,8,10H,4,7,9,11,16H2,1H3. The van der Waals surface area contributed by atoms with Gasteiger partial charge in [-0.3, -0.25) is 9.48 Å². The SMILES string of the molecule is Cn1nccc1CCOC(=O)CCc1ccc(N)cc1. The summed E-state index contributed by atoms with van der Waals surface area (Å²) in [6.07, 6.45) is 3.47. The molecule has 1 aromatic carbocycles. The molecule has 2 aromatic rings. The van der Waals surface area contributed by atoms with Crippen LogP contribution in [-0.2, 0) is 29.4 Å². The average Bonchev–Trinajstić information content (AvgIpc) is 2.84. The minimum absolute atomic E-state index is 0.177. The zero-order chi connectivity index (χ0) is 14.4. The van der Waals surface area contributed by atoms with Crippen LogP contribution in [0.4, 0.5) is 5.69 Å². The van der Waals surface area contributed by atoms with Crippen molar-refractivity contribution in [1.29, 1.82) is 0 Å². The Morgan fingerprint density at radius 1 is 1.25 bits per heavy atom. The molecule has 5 nitrogen and oxygen atoms in total. The van der Waals surface area contributed by atoms with Crippen LogP contribution in [0.15, 0.2) is 36.5 Å². The van der Waals surface area contributed by atoms with E-state index in [0.29, 0.717) is 25.9 Å². The number of hydrogen-bond acceptors (Lipinski definition) is 4. The fourth-order valence-electron chi connectivity index (χ4n) is 1.92. The van der Waals surface area contributed by atoms with Gasteiger partial charge in [0.1, 0.15) is 0 Å². The van der Waals surface area contributed by atoms with Crippen molar-refractivity contribution in [3.63, 3.8) is 0 Å². The smallest absolute Gasteiger partial charge is 0.306 e. The van der Waals surface area contributed by atoms with E-state index in [4.69, 9.17) is 10.5 Å². The Labute approximate surface area is 118 Å². The molecule has 0 radical (unpaired) electrons. The van der Waals surface area contributed by atoms with E-state index in [1.807, 2.05) is 37.4 Å². The highest BCUT2D eigenvalue weighted by Gasteiger charge is 2.05. The van der Waals surface area contributed by atoms with Crippen LogP contribution in [0, 0.1) is 0 Å². The lowest BCUT2D eigenvalue weighted by Gasteiger charge is -2.05. The Bertz CT molecular complexity index is 561. The molecular formula is C15H19N3O2. The van der Waals surface area contributed by atoms with E-state index in [0.717, 1.165) is 16.9 Å². The highest BCUT2D eigenvalue weighted by atomic mass is 16.5. The molecule has 0 spiro atoms. The average molecular weight is 273 g/mol. The van der Waals surface area contributed by atoms with Crippen LogP contribution in [0.1, 0.15) is 17.7 Å². The number of hydrogen-bond donors (Lipinski definition) is 1. The van der Waals surface area contributed by atoms with Crippen molar-refractivity contribution in [2.45, 2.75) is 19.3 Å². The molecule has 5 heteroatoms. The first-order chi connectivity index (χ1) is 9.65. The number of aromatic nitrogens is 2. The molecule has 0 aliphatic heterocycles. The van der Waals surface area contributed by atoms with Gasteiger partial charge in [0.05, 0.1) is 6.61 Å². The minimum atomic E-state index is -0.177. The van der Waals surface area contributed by atoms with Gasteiger partial charge in [0.15, 0.2) is 0 Å². The number of carbonyl (C=O) groups is 1. The summed E-state index contributed by atoms with van der Waals surface area (Å²) < 4.78 is 6.99. The van der Waals surface area contributed by atoms with Crippen LogP contribution < -0.4 is 5.73 Å². The van der Waals surface area contributed by atoms with E-state index < -0.39 is 0 Å². The second-order valence-corrected chi connectivity index (χ2v) is 4.66. The summed E-state index contributed by atoms with van der Waals surface area (Å²) in [4.78, 5) is 11.6. The Morgan fingerprint density at radius 3 is 2.65 bits per heavy atom. The van der Waals surface area contributed by atoms with Gasteiger partial charge < -0.3 is 10.5 Å². The van der Waals surface area contributed by atoms with Gasteiger partial charge in [0.2, 0.25) is 0 Å². The molecule has 0 unspecified atom stereocenters. The molecule has 0 saturated heterocycles. The van der Waals surface area contributed by atoms with Gasteiger partial charge in [0, 0.05) is 37.5 Å². The Morgan fingerprint density at radius 2 is 2.00 bits per heavy atom. The quantitative estimate of drug-likeness (QED) is 0.642. The van der Waals surface area contributed by atoms with Crippen molar-refractivity contribution in [2.75, 3.05) is 12.3 Å². The molecule has 0 bridgehead atoms. The van der Waals surface area contributed by atoms with Gasteiger partial charge in [-0.05, 0) is 30.2 Å². The molecule has 1 heterocycles. The van der Waals surface area contributed by atoms with Crippen LogP contribution in [0.3, 0.4) is 0 Å². The summed E-state index contributed by atoms with van der Waals surface area (Å²) in [5.41, 5.74) is 8.48. The third-order valence-electron chi connectivity index (χ3n) is 3.14. The van der Waals surface area contributed by atoms with Crippen molar-refractivity contribution in [1.82, 2.24) is 9.78 Å². The minimum Gasteiger partial charge on any atom is -0.465 e. The van der Waals surface area contributed by atoms with Gasteiger partial charge in [-0.1, -0.05) is 12.1 Å². The lowest BCUT2D eigenvalue weighted by Crippen LogP contribution is -2.10. The highest BCUT2D eigenvalue weighted by molar-refractivity contribution is 5.69. The predicted octanol–water partition coefficient (Wildman–Crippen LogP) is 1.72. The monoisotopic (exact) mass is 273 g/mol. The van der Waals surface area contributed by atoms with Gasteiger partial charge in [-0.2, -0.15) is 5.10 Å². The maximum Gasteiger partial charge on any atom is 0.306 e. The summed E-state index contributed by atoms with van der Waals surface area (Å²) in [6.45, 7) is 0.389. The van der Waals surface area contributed by atoms with E-state index in [9.17, 15) is 4.79 Å². The summed E-state index contributed by atoms with van der Waals surface area (Å²) in [5, 5.41) is 4.06. The van der Waals surface area contributed by atoms with Crippen LogP contribution in [0.25, 0.3) is 0 Å². The van der Waals surface area contributed by atoms with Crippen LogP contribution >= 0.6 is 0 Å². The summed E-state index contributed by atoms with van der Waals surface area (Å²) in [7, 11) is 1.87. The molecule has 0 fully saturated rings. The van der Waals surface area contributed by atoms with Crippen LogP contribution in [0.5, 0.6) is 0 Å². The van der Waals surface area contributed by atoms with Crippen LogP contribution in [0.2, 0.25) is 0 Å². The Hall–Kier alpha value is -2.30. The van der Waals surface area contributed by atoms with Crippen molar-refractivity contribution >= 4 is 11.7 Å². The molecule has 2 N–H and O–H groups in total. The zero-order valence-electron chi connectivity index (χ0n) is 11.6. The lowest BCUT2D eigenvalue weighted by molar-refractivity contribution is -0.143. The van der Waals surface area contributed by atoms with Gasteiger partial charge in [-0.25, -0.2) is 0 Å². The van der Waals surface area contributed by atoms with E-state index in [1.54, 1.807) is 10.9 Å². The molecule has 2 rings (SSSR count). The third-order valence-corrected chi connectivity index (χ3v) is 3.14. The zero-order valence-corrected chi connectivity index (χ0v) is 11.6. The van der Waals surface area contributed by atoms with E-state index in [1.165, 1.54) is 0 Å². The number of benzene rings is 1. The van der Waals surface area contributed by atoms with Crippen molar-refractivity contribution in [3.05, 3.63) is 47.8 Å². The predicted molar refractivity (Wildman–Crippen MR) is 77.0 cm³/mol. The van der Waals surface area contributed by atoms with Gasteiger partial charge in [0.25, 0.3) is 0 Å². The molecule has 106 valence electrons. The number of anilines is 1. The number of nitrogens with zero attached hydrogens (tertiary/aromatic N) is 2. The van der Waals surface area contributed by atoms with Gasteiger partial charge in [-0.15, -0.1) is 0 Å². The molecule has 0 atom stereocenters. The normalized spacial score (nSPS) is 10.4. The second kappa shape index (κ2) is 6.75. The molecular weight excluding hydrogens is 254 g/mol. The van der Waals surface area contributed by atoms with E-state index in [-0.39, 0.29) is 5.97 Å². The van der Waals surface area contributed by atoms with Crippen molar-refractivity contribution < 1.29 is 9.53 Å². The summed E-state index contributed by atoms with van der Waals surface area (Å²) in [6, 6.07) is 9.45. The topological polar surface area (TPSA) is 70.1 Å². The maximum absolute atomic E-state index is 11.6. The fourth-order valence-corrected chi connectivity index (χ4v) is 1.92. The fraction of sp³-hybridized carbons (Fsp3) is 0.333. The largest absolute Gasteiger partial charge is 0.465 e. The second-order valence-electron chi connectivity index (χ2n) is 4.66. The van der Waals surface area contributed by atoms with Crippen molar-refractivity contribution in [2.24, 2.45) is 7.05 Å². The first-order valence-corrected chi connectivity index (χ1v) is 6.62. The number of ether oxygens (including phenoxy) is 1. The molecule has 0 aliphatic rings. The molecule has 0 amide bonds. The lowest BCUT2D eigenvalue weighted by atomic mass is 10.1. The third kappa shape index (κ3) is 4.12. The Balaban J connectivity index is 1.68.